The zero-order chi connectivity index (χ0) is 16.0. The van der Waals surface area contributed by atoms with Crippen LogP contribution in [0.2, 0.25) is 0 Å². The van der Waals surface area contributed by atoms with Crippen molar-refractivity contribution in [3.8, 4) is 0 Å². The van der Waals surface area contributed by atoms with E-state index in [9.17, 15) is 9.59 Å². The minimum Gasteiger partial charge on any atom is -0.477 e. The van der Waals surface area contributed by atoms with Crippen LogP contribution in [0.4, 0.5) is 0 Å². The molecule has 1 aromatic heterocycles. The average Bonchev–Trinajstić information content (AvgIpc) is 2.71. The lowest BCUT2D eigenvalue weighted by atomic mass is 10.0. The van der Waals surface area contributed by atoms with Gasteiger partial charge in [-0.1, -0.05) is 33.1 Å². The summed E-state index contributed by atoms with van der Waals surface area (Å²) < 4.78 is 0. The molecule has 1 amide bonds. The van der Waals surface area contributed by atoms with Crippen molar-refractivity contribution < 1.29 is 14.7 Å². The molecule has 0 saturated heterocycles. The molecule has 1 aromatic rings. The maximum absolute atomic E-state index is 12.4. The molecule has 1 unspecified atom stereocenters. The summed E-state index contributed by atoms with van der Waals surface area (Å²) in [6, 6.07) is 0.157. The minimum atomic E-state index is -1.04. The number of carbonyl (C=O) groups is 2. The molecule has 0 radical (unpaired) electrons. The van der Waals surface area contributed by atoms with E-state index in [4.69, 9.17) is 5.11 Å². The number of aryl methyl sites for hydroxylation is 1. The van der Waals surface area contributed by atoms with Crippen molar-refractivity contribution in [2.45, 2.75) is 65.8 Å². The molecule has 3 N–H and O–H groups in total. The SMILES string of the molecule is CCCCC(CCC)NC(=O)c1c(C)[nH]c(C(=O)O)c1C. The Balaban J connectivity index is 2.89. The predicted octanol–water partition coefficient (Wildman–Crippen LogP) is 3.42. The van der Waals surface area contributed by atoms with E-state index in [0.29, 0.717) is 16.8 Å². The molecule has 21 heavy (non-hydrogen) atoms. The van der Waals surface area contributed by atoms with Crippen LogP contribution in [0.25, 0.3) is 0 Å². The number of carbonyl (C=O) groups excluding carboxylic acids is 1. The van der Waals surface area contributed by atoms with E-state index in [1.165, 1.54) is 0 Å². The molecule has 1 atom stereocenters. The van der Waals surface area contributed by atoms with Gasteiger partial charge in [-0.3, -0.25) is 4.79 Å². The molecule has 0 saturated carbocycles. The van der Waals surface area contributed by atoms with Crippen LogP contribution in [0.1, 0.15) is 78.1 Å². The number of nitrogens with one attached hydrogen (secondary N) is 2. The molecule has 1 heterocycles. The number of hydrogen-bond donors (Lipinski definition) is 3. The molecule has 0 spiro atoms. The summed E-state index contributed by atoms with van der Waals surface area (Å²) in [5.74, 6) is -1.21. The minimum absolute atomic E-state index is 0.0956. The highest BCUT2D eigenvalue weighted by molar-refractivity contribution is 6.00. The molecular formula is C16H26N2O3. The lowest BCUT2D eigenvalue weighted by Crippen LogP contribution is -2.35. The third-order valence-electron chi connectivity index (χ3n) is 3.76. The standard InChI is InChI=1S/C16H26N2O3/c1-5-7-9-12(8-6-2)18-15(19)13-10(3)14(16(20)21)17-11(13)4/h12,17H,5-9H2,1-4H3,(H,18,19)(H,20,21). The van der Waals surface area contributed by atoms with Gasteiger partial charge in [-0.2, -0.15) is 0 Å². The third kappa shape index (κ3) is 4.34. The first kappa shape index (κ1) is 17.3. The van der Waals surface area contributed by atoms with E-state index in [2.05, 4.69) is 24.1 Å². The molecule has 0 fully saturated rings. The van der Waals surface area contributed by atoms with E-state index in [1.807, 2.05) is 0 Å². The van der Waals surface area contributed by atoms with Gasteiger partial charge in [0.05, 0.1) is 5.56 Å². The smallest absolute Gasteiger partial charge is 0.352 e. The first-order valence-corrected chi connectivity index (χ1v) is 7.65. The molecule has 0 aliphatic rings. The first-order chi connectivity index (χ1) is 9.92. The van der Waals surface area contributed by atoms with Crippen molar-refractivity contribution in [1.82, 2.24) is 10.3 Å². The summed E-state index contributed by atoms with van der Waals surface area (Å²) >= 11 is 0. The lowest BCUT2D eigenvalue weighted by Gasteiger charge is -2.18. The van der Waals surface area contributed by atoms with E-state index < -0.39 is 5.97 Å². The molecule has 5 nitrogen and oxygen atoms in total. The van der Waals surface area contributed by atoms with Crippen molar-refractivity contribution in [3.63, 3.8) is 0 Å². The molecule has 1 rings (SSSR count). The molecule has 5 heteroatoms. The monoisotopic (exact) mass is 294 g/mol. The Bertz CT molecular complexity index is 506. The Labute approximate surface area is 126 Å². The number of aromatic amines is 1. The highest BCUT2D eigenvalue weighted by Crippen LogP contribution is 2.19. The molecular weight excluding hydrogens is 268 g/mol. The highest BCUT2D eigenvalue weighted by atomic mass is 16.4. The van der Waals surface area contributed by atoms with Gasteiger partial charge in [0.2, 0.25) is 0 Å². The van der Waals surface area contributed by atoms with E-state index in [1.54, 1.807) is 13.8 Å². The Hall–Kier alpha value is -1.78. The summed E-state index contributed by atoms with van der Waals surface area (Å²) in [6.45, 7) is 7.63. The van der Waals surface area contributed by atoms with Crippen LogP contribution in [-0.2, 0) is 0 Å². The van der Waals surface area contributed by atoms with Crippen molar-refractivity contribution >= 4 is 11.9 Å². The zero-order valence-corrected chi connectivity index (χ0v) is 13.4. The number of carboxylic acid groups (broad SMARTS) is 1. The van der Waals surface area contributed by atoms with Crippen LogP contribution in [-0.4, -0.2) is 28.0 Å². The van der Waals surface area contributed by atoms with E-state index in [0.717, 1.165) is 32.1 Å². The topological polar surface area (TPSA) is 82.2 Å². The van der Waals surface area contributed by atoms with Gasteiger partial charge in [0.1, 0.15) is 5.69 Å². The quantitative estimate of drug-likeness (QED) is 0.687. The van der Waals surface area contributed by atoms with Crippen LogP contribution in [0.5, 0.6) is 0 Å². The molecule has 0 aliphatic carbocycles. The zero-order valence-electron chi connectivity index (χ0n) is 13.4. The second-order valence-electron chi connectivity index (χ2n) is 5.53. The van der Waals surface area contributed by atoms with Gasteiger partial charge in [-0.15, -0.1) is 0 Å². The number of aromatic nitrogens is 1. The Kier molecular flexibility index (Phi) is 6.46. The Morgan fingerprint density at radius 2 is 1.86 bits per heavy atom. The van der Waals surface area contributed by atoms with Crippen LogP contribution in [0.15, 0.2) is 0 Å². The number of amides is 1. The molecule has 0 aliphatic heterocycles. The fourth-order valence-corrected chi connectivity index (χ4v) is 2.65. The fraction of sp³-hybridized carbons (Fsp3) is 0.625. The number of rotatable bonds is 8. The van der Waals surface area contributed by atoms with Crippen molar-refractivity contribution in [1.29, 1.82) is 0 Å². The van der Waals surface area contributed by atoms with Crippen LogP contribution >= 0.6 is 0 Å². The Morgan fingerprint density at radius 3 is 2.33 bits per heavy atom. The van der Waals surface area contributed by atoms with Gasteiger partial charge in [0.25, 0.3) is 5.91 Å². The van der Waals surface area contributed by atoms with Gasteiger partial charge in [-0.05, 0) is 32.3 Å². The summed E-state index contributed by atoms with van der Waals surface area (Å²) in [5.41, 5.74) is 1.67. The maximum atomic E-state index is 12.4. The Morgan fingerprint density at radius 1 is 1.19 bits per heavy atom. The van der Waals surface area contributed by atoms with Crippen molar-refractivity contribution in [3.05, 3.63) is 22.5 Å². The number of aromatic carboxylic acids is 1. The average molecular weight is 294 g/mol. The summed E-state index contributed by atoms with van der Waals surface area (Å²) in [6.07, 6.45) is 5.10. The summed E-state index contributed by atoms with van der Waals surface area (Å²) in [5, 5.41) is 12.2. The molecule has 0 bridgehead atoms. The summed E-state index contributed by atoms with van der Waals surface area (Å²) in [4.78, 5) is 26.3. The second-order valence-corrected chi connectivity index (χ2v) is 5.53. The first-order valence-electron chi connectivity index (χ1n) is 7.65. The fourth-order valence-electron chi connectivity index (χ4n) is 2.65. The highest BCUT2D eigenvalue weighted by Gasteiger charge is 2.23. The second kappa shape index (κ2) is 7.86. The predicted molar refractivity (Wildman–Crippen MR) is 82.9 cm³/mol. The number of unbranched alkanes of at least 4 members (excludes halogenated alkanes) is 1. The van der Waals surface area contributed by atoms with Crippen molar-refractivity contribution in [2.75, 3.05) is 0 Å². The van der Waals surface area contributed by atoms with Gasteiger partial charge < -0.3 is 15.4 Å². The number of H-pyrrole nitrogens is 1. The van der Waals surface area contributed by atoms with Gasteiger partial charge >= 0.3 is 5.97 Å². The number of carboxylic acids is 1. The lowest BCUT2D eigenvalue weighted by molar-refractivity contribution is 0.0690. The van der Waals surface area contributed by atoms with Crippen LogP contribution < -0.4 is 5.32 Å². The molecule has 118 valence electrons. The van der Waals surface area contributed by atoms with Gasteiger partial charge in [-0.25, -0.2) is 4.79 Å². The van der Waals surface area contributed by atoms with Crippen LogP contribution in [0.3, 0.4) is 0 Å². The third-order valence-corrected chi connectivity index (χ3v) is 3.76. The summed E-state index contributed by atoms with van der Waals surface area (Å²) in [7, 11) is 0. The molecule has 0 aromatic carbocycles. The largest absolute Gasteiger partial charge is 0.477 e. The normalized spacial score (nSPS) is 12.2. The van der Waals surface area contributed by atoms with Crippen LogP contribution in [0, 0.1) is 13.8 Å². The van der Waals surface area contributed by atoms with E-state index in [-0.39, 0.29) is 17.6 Å². The number of hydrogen-bond acceptors (Lipinski definition) is 2. The maximum Gasteiger partial charge on any atom is 0.352 e. The van der Waals surface area contributed by atoms with Gasteiger partial charge in [0, 0.05) is 11.7 Å². The van der Waals surface area contributed by atoms with E-state index >= 15 is 0 Å². The van der Waals surface area contributed by atoms with Gasteiger partial charge in [0.15, 0.2) is 0 Å². The van der Waals surface area contributed by atoms with Crippen molar-refractivity contribution in [2.24, 2.45) is 0 Å².